The zero-order valence-corrected chi connectivity index (χ0v) is 16.1. The summed E-state index contributed by atoms with van der Waals surface area (Å²) < 4.78 is 0. The standard InChI is InChI=1S/C24H23N3O/c1-2-27-22(26-24(23(27)28)12-3-4-13-24)19-8-5-17(6-9-19)20-10-7-18-11-14-25-16-21(18)15-20/h5-11,14-16H,2-4,12-13H2,1H3. The summed E-state index contributed by atoms with van der Waals surface area (Å²) in [6.45, 7) is 2.69. The highest BCUT2D eigenvalue weighted by Crippen LogP contribution is 2.40. The Bertz CT molecular complexity index is 1080. The largest absolute Gasteiger partial charge is 0.295 e. The number of hydrogen-bond donors (Lipinski definition) is 0. The van der Waals surface area contributed by atoms with Gasteiger partial charge in [0.15, 0.2) is 0 Å². The van der Waals surface area contributed by atoms with Crippen LogP contribution in [0.4, 0.5) is 0 Å². The fourth-order valence-electron chi connectivity index (χ4n) is 4.53. The first-order valence-electron chi connectivity index (χ1n) is 10.1. The average molecular weight is 369 g/mol. The summed E-state index contributed by atoms with van der Waals surface area (Å²) in [6, 6.07) is 16.9. The molecule has 0 radical (unpaired) electrons. The summed E-state index contributed by atoms with van der Waals surface area (Å²) in [6.07, 6.45) is 7.67. The Balaban J connectivity index is 1.49. The Hall–Kier alpha value is -3.01. The van der Waals surface area contributed by atoms with Gasteiger partial charge in [0.1, 0.15) is 11.4 Å². The average Bonchev–Trinajstić information content (AvgIpc) is 3.33. The van der Waals surface area contributed by atoms with E-state index in [4.69, 9.17) is 4.99 Å². The first kappa shape index (κ1) is 17.1. The van der Waals surface area contributed by atoms with Crippen molar-refractivity contribution in [2.75, 3.05) is 6.54 Å². The van der Waals surface area contributed by atoms with Crippen molar-refractivity contribution in [2.24, 2.45) is 4.99 Å². The lowest BCUT2D eigenvalue weighted by Crippen LogP contribution is -2.41. The lowest BCUT2D eigenvalue weighted by molar-refractivity contribution is -0.130. The minimum atomic E-state index is -0.491. The number of nitrogens with zero attached hydrogens (tertiary/aromatic N) is 3. The molecule has 0 atom stereocenters. The number of fused-ring (bicyclic) bond motifs is 1. The van der Waals surface area contributed by atoms with Crippen LogP contribution in [0.1, 0.15) is 38.2 Å². The molecule has 0 unspecified atom stereocenters. The molecule has 0 N–H and O–H groups in total. The van der Waals surface area contributed by atoms with Gasteiger partial charge in [-0.15, -0.1) is 0 Å². The molecule has 0 saturated heterocycles. The van der Waals surface area contributed by atoms with E-state index in [0.717, 1.165) is 53.6 Å². The van der Waals surface area contributed by atoms with Crippen LogP contribution in [0, 0.1) is 0 Å². The van der Waals surface area contributed by atoms with Crippen LogP contribution in [-0.4, -0.2) is 33.7 Å². The van der Waals surface area contributed by atoms with Gasteiger partial charge in [-0.2, -0.15) is 0 Å². The molecule has 28 heavy (non-hydrogen) atoms. The molecule has 1 amide bonds. The number of aromatic nitrogens is 1. The van der Waals surface area contributed by atoms with Gasteiger partial charge in [-0.25, -0.2) is 0 Å². The van der Waals surface area contributed by atoms with Gasteiger partial charge in [0.2, 0.25) is 0 Å². The van der Waals surface area contributed by atoms with E-state index in [9.17, 15) is 4.79 Å². The lowest BCUT2D eigenvalue weighted by Gasteiger charge is -2.21. The molecule has 1 spiro atoms. The number of carbonyl (C=O) groups excluding carboxylic acids is 1. The number of likely N-dealkylation sites (N-methyl/N-ethyl adjacent to an activating group) is 1. The SMILES string of the molecule is CCN1C(=O)C2(CCCC2)N=C1c1ccc(-c2ccc3ccncc3c2)cc1. The minimum Gasteiger partial charge on any atom is -0.295 e. The van der Waals surface area contributed by atoms with Gasteiger partial charge in [-0.3, -0.25) is 19.7 Å². The monoisotopic (exact) mass is 369 g/mol. The Morgan fingerprint density at radius 2 is 1.64 bits per heavy atom. The summed E-state index contributed by atoms with van der Waals surface area (Å²) in [7, 11) is 0. The second-order valence-corrected chi connectivity index (χ2v) is 7.74. The zero-order chi connectivity index (χ0) is 19.1. The molecule has 4 heteroatoms. The summed E-state index contributed by atoms with van der Waals surface area (Å²) in [5.41, 5.74) is 2.84. The number of benzene rings is 2. The Morgan fingerprint density at radius 1 is 0.929 bits per heavy atom. The van der Waals surface area contributed by atoms with E-state index < -0.39 is 5.54 Å². The number of aliphatic imine (C=N–C) groups is 1. The molecule has 0 bridgehead atoms. The predicted molar refractivity (Wildman–Crippen MR) is 112 cm³/mol. The van der Waals surface area contributed by atoms with Crippen LogP contribution in [0.15, 0.2) is 65.9 Å². The van der Waals surface area contributed by atoms with Crippen LogP contribution in [-0.2, 0) is 4.79 Å². The smallest absolute Gasteiger partial charge is 0.256 e. The van der Waals surface area contributed by atoms with E-state index in [1.165, 1.54) is 5.39 Å². The van der Waals surface area contributed by atoms with Gasteiger partial charge in [0, 0.05) is 29.9 Å². The van der Waals surface area contributed by atoms with E-state index in [1.807, 2.05) is 30.3 Å². The number of amides is 1. The van der Waals surface area contributed by atoms with Crippen molar-refractivity contribution >= 4 is 22.5 Å². The molecule has 2 aromatic carbocycles. The molecule has 4 nitrogen and oxygen atoms in total. The Kier molecular flexibility index (Phi) is 4.00. The molecule has 2 heterocycles. The Morgan fingerprint density at radius 3 is 2.39 bits per heavy atom. The van der Waals surface area contributed by atoms with Gasteiger partial charge in [0.05, 0.1) is 0 Å². The number of hydrogen-bond acceptors (Lipinski definition) is 3. The van der Waals surface area contributed by atoms with Crippen LogP contribution in [0.2, 0.25) is 0 Å². The summed E-state index contributed by atoms with van der Waals surface area (Å²) in [5, 5.41) is 2.32. The van der Waals surface area contributed by atoms with E-state index in [2.05, 4.69) is 47.4 Å². The molecule has 3 aromatic rings. The number of rotatable bonds is 3. The van der Waals surface area contributed by atoms with Gasteiger partial charge in [-0.05, 0) is 48.4 Å². The summed E-state index contributed by atoms with van der Waals surface area (Å²) in [4.78, 5) is 24.0. The van der Waals surface area contributed by atoms with Crippen molar-refractivity contribution in [3.05, 3.63) is 66.5 Å². The highest BCUT2D eigenvalue weighted by Gasteiger charge is 2.49. The third-order valence-electron chi connectivity index (χ3n) is 6.08. The maximum Gasteiger partial charge on any atom is 0.256 e. The summed E-state index contributed by atoms with van der Waals surface area (Å²) >= 11 is 0. The van der Waals surface area contributed by atoms with Gasteiger partial charge in [-0.1, -0.05) is 49.2 Å². The van der Waals surface area contributed by atoms with Crippen LogP contribution in [0.25, 0.3) is 21.9 Å². The molecule has 140 valence electrons. The second-order valence-electron chi connectivity index (χ2n) is 7.74. The van der Waals surface area contributed by atoms with Crippen molar-refractivity contribution in [3.63, 3.8) is 0 Å². The highest BCUT2D eigenvalue weighted by molar-refractivity contribution is 6.15. The number of carbonyl (C=O) groups is 1. The van der Waals surface area contributed by atoms with Crippen molar-refractivity contribution < 1.29 is 4.79 Å². The van der Waals surface area contributed by atoms with Gasteiger partial charge >= 0.3 is 0 Å². The topological polar surface area (TPSA) is 45.6 Å². The maximum atomic E-state index is 13.0. The fourth-order valence-corrected chi connectivity index (χ4v) is 4.53. The van der Waals surface area contributed by atoms with Crippen molar-refractivity contribution in [2.45, 2.75) is 38.1 Å². The second kappa shape index (κ2) is 6.55. The predicted octanol–water partition coefficient (Wildman–Crippen LogP) is 4.82. The molecule has 1 aliphatic carbocycles. The van der Waals surface area contributed by atoms with E-state index in [1.54, 1.807) is 0 Å². The quantitative estimate of drug-likeness (QED) is 0.664. The Labute approximate surface area is 164 Å². The fraction of sp³-hybridized carbons (Fsp3) is 0.292. The third-order valence-corrected chi connectivity index (χ3v) is 6.08. The van der Waals surface area contributed by atoms with Crippen molar-refractivity contribution in [1.29, 1.82) is 0 Å². The molecule has 1 aliphatic heterocycles. The zero-order valence-electron chi connectivity index (χ0n) is 16.1. The summed E-state index contributed by atoms with van der Waals surface area (Å²) in [5.74, 6) is 1.03. The molecule has 1 saturated carbocycles. The third kappa shape index (κ3) is 2.63. The maximum absolute atomic E-state index is 13.0. The molecular formula is C24H23N3O. The van der Waals surface area contributed by atoms with Gasteiger partial charge in [0.25, 0.3) is 5.91 Å². The van der Waals surface area contributed by atoms with Crippen molar-refractivity contribution in [1.82, 2.24) is 9.88 Å². The highest BCUT2D eigenvalue weighted by atomic mass is 16.2. The van der Waals surface area contributed by atoms with E-state index in [0.29, 0.717) is 6.54 Å². The first-order valence-corrected chi connectivity index (χ1v) is 10.1. The lowest BCUT2D eigenvalue weighted by atomic mass is 9.98. The van der Waals surface area contributed by atoms with Gasteiger partial charge < -0.3 is 0 Å². The van der Waals surface area contributed by atoms with E-state index >= 15 is 0 Å². The van der Waals surface area contributed by atoms with Crippen LogP contribution < -0.4 is 0 Å². The van der Waals surface area contributed by atoms with Crippen molar-refractivity contribution in [3.8, 4) is 11.1 Å². The first-order chi connectivity index (χ1) is 13.7. The van der Waals surface area contributed by atoms with Crippen LogP contribution in [0.5, 0.6) is 0 Å². The van der Waals surface area contributed by atoms with Crippen LogP contribution >= 0.6 is 0 Å². The normalized spacial score (nSPS) is 18.2. The van der Waals surface area contributed by atoms with Crippen LogP contribution in [0.3, 0.4) is 0 Å². The molecule has 1 aromatic heterocycles. The minimum absolute atomic E-state index is 0.189. The molecular weight excluding hydrogens is 346 g/mol. The molecule has 1 fully saturated rings. The number of amidine groups is 1. The molecule has 5 rings (SSSR count). The number of pyridine rings is 1. The van der Waals surface area contributed by atoms with E-state index in [-0.39, 0.29) is 5.91 Å². The molecule has 2 aliphatic rings.